The molecule has 0 aliphatic carbocycles. The minimum atomic E-state index is -0.277. The summed E-state index contributed by atoms with van der Waals surface area (Å²) in [6.45, 7) is 1.81. The average Bonchev–Trinajstić information content (AvgIpc) is 1.99. The zero-order chi connectivity index (χ0) is 8.97. The molecule has 0 radical (unpaired) electrons. The Labute approximate surface area is 70.5 Å². The molecule has 0 aliphatic heterocycles. The Morgan fingerprint density at radius 2 is 2.08 bits per heavy atom. The molecule has 62 valence electrons. The Morgan fingerprint density at radius 3 is 2.67 bits per heavy atom. The van der Waals surface area contributed by atoms with Crippen molar-refractivity contribution in [1.82, 2.24) is 0 Å². The number of hydrogen-bond donors (Lipinski definition) is 0. The Balaban J connectivity index is 3.00. The highest BCUT2D eigenvalue weighted by molar-refractivity contribution is 5.73. The Morgan fingerprint density at radius 1 is 1.33 bits per heavy atom. The van der Waals surface area contributed by atoms with E-state index in [2.05, 4.69) is 0 Å². The molecule has 0 amide bonds. The van der Waals surface area contributed by atoms with E-state index < -0.39 is 0 Å². The van der Waals surface area contributed by atoms with Crippen LogP contribution in [0.25, 0.3) is 6.08 Å². The third kappa shape index (κ3) is 2.31. The van der Waals surface area contributed by atoms with Crippen LogP contribution in [0.15, 0.2) is 24.3 Å². The maximum Gasteiger partial charge on any atom is 0.142 e. The molecule has 0 N–H and O–H groups in total. The van der Waals surface area contributed by atoms with Gasteiger partial charge >= 0.3 is 0 Å². The van der Waals surface area contributed by atoms with Crippen LogP contribution in [0, 0.1) is 12.7 Å². The monoisotopic (exact) mass is 164 g/mol. The first-order valence-electron chi connectivity index (χ1n) is 3.61. The van der Waals surface area contributed by atoms with E-state index in [0.717, 1.165) is 5.56 Å². The molecule has 0 bridgehead atoms. The van der Waals surface area contributed by atoms with Crippen LogP contribution in [0.5, 0.6) is 0 Å². The standard InChI is InChI=1S/C10H9FO/c1-8-5-9(3-2-4-12)7-10(11)6-8/h2-7H,1H3. The summed E-state index contributed by atoms with van der Waals surface area (Å²) in [6, 6.07) is 4.63. The number of benzene rings is 1. The predicted octanol–water partition coefficient (Wildman–Crippen LogP) is 2.35. The summed E-state index contributed by atoms with van der Waals surface area (Å²) in [5.74, 6) is -0.277. The van der Waals surface area contributed by atoms with Crippen LogP contribution in [0.4, 0.5) is 4.39 Å². The van der Waals surface area contributed by atoms with Gasteiger partial charge in [0.1, 0.15) is 12.1 Å². The van der Waals surface area contributed by atoms with Crippen LogP contribution in [0.3, 0.4) is 0 Å². The Bertz CT molecular complexity index is 295. The minimum absolute atomic E-state index is 0.277. The molecule has 0 saturated carbocycles. The molecule has 1 aromatic rings. The van der Waals surface area contributed by atoms with Gasteiger partial charge in [0.25, 0.3) is 0 Å². The van der Waals surface area contributed by atoms with Crippen LogP contribution < -0.4 is 0 Å². The largest absolute Gasteiger partial charge is 0.299 e. The third-order valence-corrected chi connectivity index (χ3v) is 1.43. The van der Waals surface area contributed by atoms with Gasteiger partial charge in [-0.2, -0.15) is 0 Å². The van der Waals surface area contributed by atoms with Gasteiger partial charge in [-0.05, 0) is 36.3 Å². The average molecular weight is 164 g/mol. The number of aldehydes is 1. The lowest BCUT2D eigenvalue weighted by atomic mass is 10.1. The van der Waals surface area contributed by atoms with Gasteiger partial charge in [-0.25, -0.2) is 4.39 Å². The van der Waals surface area contributed by atoms with E-state index in [9.17, 15) is 9.18 Å². The Kier molecular flexibility index (Phi) is 2.75. The summed E-state index contributed by atoms with van der Waals surface area (Å²) in [5.41, 5.74) is 1.56. The first-order chi connectivity index (χ1) is 5.72. The highest BCUT2D eigenvalue weighted by Crippen LogP contribution is 2.09. The highest BCUT2D eigenvalue weighted by Gasteiger charge is 1.93. The van der Waals surface area contributed by atoms with E-state index in [1.165, 1.54) is 18.2 Å². The zero-order valence-corrected chi connectivity index (χ0v) is 6.75. The number of hydrogen-bond acceptors (Lipinski definition) is 1. The van der Waals surface area contributed by atoms with Crippen LogP contribution in [-0.2, 0) is 4.79 Å². The van der Waals surface area contributed by atoms with Crippen LogP contribution in [0.1, 0.15) is 11.1 Å². The molecule has 1 aromatic carbocycles. The van der Waals surface area contributed by atoms with Crippen molar-refractivity contribution in [3.63, 3.8) is 0 Å². The molecule has 2 heteroatoms. The molecule has 0 heterocycles. The van der Waals surface area contributed by atoms with E-state index in [-0.39, 0.29) is 5.82 Å². The fourth-order valence-corrected chi connectivity index (χ4v) is 1.01. The van der Waals surface area contributed by atoms with Crippen molar-refractivity contribution in [2.45, 2.75) is 6.92 Å². The SMILES string of the molecule is Cc1cc(F)cc(C=CC=O)c1. The maximum atomic E-state index is 12.7. The van der Waals surface area contributed by atoms with Gasteiger partial charge < -0.3 is 0 Å². The molecule has 0 spiro atoms. The maximum absolute atomic E-state index is 12.7. The number of halogens is 1. The Hall–Kier alpha value is -1.44. The van der Waals surface area contributed by atoms with Crippen molar-refractivity contribution >= 4 is 12.4 Å². The van der Waals surface area contributed by atoms with Crippen molar-refractivity contribution in [2.75, 3.05) is 0 Å². The quantitative estimate of drug-likeness (QED) is 0.484. The van der Waals surface area contributed by atoms with Gasteiger partial charge in [-0.15, -0.1) is 0 Å². The van der Waals surface area contributed by atoms with Crippen molar-refractivity contribution in [3.05, 3.63) is 41.2 Å². The number of carbonyl (C=O) groups excluding carboxylic acids is 1. The van der Waals surface area contributed by atoms with Gasteiger partial charge in [0, 0.05) is 0 Å². The molecule has 0 saturated heterocycles. The van der Waals surface area contributed by atoms with Gasteiger partial charge in [0.2, 0.25) is 0 Å². The summed E-state index contributed by atoms with van der Waals surface area (Å²) in [4.78, 5) is 9.97. The van der Waals surface area contributed by atoms with Crippen molar-refractivity contribution in [2.24, 2.45) is 0 Å². The zero-order valence-electron chi connectivity index (χ0n) is 6.75. The second kappa shape index (κ2) is 3.81. The summed E-state index contributed by atoms with van der Waals surface area (Å²) in [6.07, 6.45) is 3.58. The van der Waals surface area contributed by atoms with E-state index in [1.54, 1.807) is 13.0 Å². The highest BCUT2D eigenvalue weighted by atomic mass is 19.1. The minimum Gasteiger partial charge on any atom is -0.299 e. The number of aryl methyl sites for hydroxylation is 1. The number of rotatable bonds is 2. The smallest absolute Gasteiger partial charge is 0.142 e. The third-order valence-electron chi connectivity index (χ3n) is 1.43. The van der Waals surface area contributed by atoms with E-state index in [1.807, 2.05) is 6.07 Å². The molecule has 1 nitrogen and oxygen atoms in total. The fourth-order valence-electron chi connectivity index (χ4n) is 1.01. The lowest BCUT2D eigenvalue weighted by Gasteiger charge is -1.96. The summed E-state index contributed by atoms with van der Waals surface area (Å²) >= 11 is 0. The van der Waals surface area contributed by atoms with E-state index >= 15 is 0 Å². The second-order valence-electron chi connectivity index (χ2n) is 2.56. The summed E-state index contributed by atoms with van der Waals surface area (Å²) in [7, 11) is 0. The first-order valence-corrected chi connectivity index (χ1v) is 3.61. The van der Waals surface area contributed by atoms with Gasteiger partial charge in [-0.1, -0.05) is 12.1 Å². The molecule has 0 aliphatic rings. The van der Waals surface area contributed by atoms with Gasteiger partial charge in [0.05, 0.1) is 0 Å². The van der Waals surface area contributed by atoms with Crippen molar-refractivity contribution in [3.8, 4) is 0 Å². The van der Waals surface area contributed by atoms with Crippen molar-refractivity contribution in [1.29, 1.82) is 0 Å². The summed E-state index contributed by atoms with van der Waals surface area (Å²) < 4.78 is 12.7. The van der Waals surface area contributed by atoms with E-state index in [0.29, 0.717) is 11.8 Å². The van der Waals surface area contributed by atoms with Crippen LogP contribution in [-0.4, -0.2) is 6.29 Å². The summed E-state index contributed by atoms with van der Waals surface area (Å²) in [5, 5.41) is 0. The molecular weight excluding hydrogens is 155 g/mol. The van der Waals surface area contributed by atoms with Gasteiger partial charge in [0.15, 0.2) is 0 Å². The van der Waals surface area contributed by atoms with Gasteiger partial charge in [-0.3, -0.25) is 4.79 Å². The fraction of sp³-hybridized carbons (Fsp3) is 0.100. The molecule has 0 unspecified atom stereocenters. The molecular formula is C10H9FO. The number of carbonyl (C=O) groups is 1. The topological polar surface area (TPSA) is 17.1 Å². The molecule has 1 rings (SSSR count). The number of allylic oxidation sites excluding steroid dienone is 1. The second-order valence-corrected chi connectivity index (χ2v) is 2.56. The molecule has 0 fully saturated rings. The van der Waals surface area contributed by atoms with Crippen LogP contribution in [0.2, 0.25) is 0 Å². The predicted molar refractivity (Wildman–Crippen MR) is 46.2 cm³/mol. The normalized spacial score (nSPS) is 10.5. The van der Waals surface area contributed by atoms with Crippen LogP contribution >= 0.6 is 0 Å². The first kappa shape index (κ1) is 8.65. The van der Waals surface area contributed by atoms with Crippen molar-refractivity contribution < 1.29 is 9.18 Å². The molecule has 0 atom stereocenters. The van der Waals surface area contributed by atoms with E-state index in [4.69, 9.17) is 0 Å². The lowest BCUT2D eigenvalue weighted by molar-refractivity contribution is -0.104. The molecule has 12 heavy (non-hydrogen) atoms. The lowest BCUT2D eigenvalue weighted by Crippen LogP contribution is -1.80. The molecule has 0 aromatic heterocycles.